The minimum Gasteiger partial charge on any atom is -0.472 e. The van der Waals surface area contributed by atoms with Crippen LogP contribution < -0.4 is 19.2 Å². The highest BCUT2D eigenvalue weighted by molar-refractivity contribution is 7.90. The zero-order valence-corrected chi connectivity index (χ0v) is 22.6. The van der Waals surface area contributed by atoms with Gasteiger partial charge in [0.15, 0.2) is 24.0 Å². The topological polar surface area (TPSA) is 88.9 Å². The van der Waals surface area contributed by atoms with E-state index in [1.807, 2.05) is 0 Å². The number of halogens is 5. The molecule has 0 aliphatic carbocycles. The Hall–Kier alpha value is -2.57. The molecule has 0 unspecified atom stereocenters. The molecule has 2 aromatic heterocycles. The summed E-state index contributed by atoms with van der Waals surface area (Å²) in [4.78, 5) is 30.0. The lowest BCUT2D eigenvalue weighted by Gasteiger charge is -2.16. The van der Waals surface area contributed by atoms with Gasteiger partial charge in [0.2, 0.25) is 12.3 Å². The standard InChI is InChI=1S/C23H19Cl3F2N2O6S/c1-4-34-37-36-17-7-12(22(32)35-20-15(25)8-13(24)9-16(20)26)10-29-19(17)14-5-6-18(30(3)21(14)31)33-11-23(2,27)28/h5-10H,4,11H2,1-3H3. The maximum absolute atomic E-state index is 13.2. The van der Waals surface area contributed by atoms with Crippen molar-refractivity contribution in [1.29, 1.82) is 0 Å². The average molecular weight is 596 g/mol. The zero-order valence-electron chi connectivity index (χ0n) is 19.5. The van der Waals surface area contributed by atoms with Crippen LogP contribution in [-0.4, -0.2) is 34.7 Å². The minimum atomic E-state index is -3.08. The first-order valence-electron chi connectivity index (χ1n) is 10.4. The van der Waals surface area contributed by atoms with Gasteiger partial charge in [-0.15, -0.1) is 0 Å². The molecule has 0 aliphatic rings. The third kappa shape index (κ3) is 7.48. The summed E-state index contributed by atoms with van der Waals surface area (Å²) in [6.07, 6.45) is 1.16. The molecular weight excluding hydrogens is 577 g/mol. The quantitative estimate of drug-likeness (QED) is 0.112. The van der Waals surface area contributed by atoms with Gasteiger partial charge in [0, 0.05) is 31.3 Å². The van der Waals surface area contributed by atoms with Crippen molar-refractivity contribution in [3.05, 3.63) is 67.5 Å². The summed E-state index contributed by atoms with van der Waals surface area (Å²) in [6.45, 7) is 1.83. The molecule has 8 nitrogen and oxygen atoms in total. The Bertz CT molecular complexity index is 1340. The van der Waals surface area contributed by atoms with E-state index in [0.29, 0.717) is 25.9 Å². The van der Waals surface area contributed by atoms with E-state index in [4.69, 9.17) is 52.6 Å². The second-order valence-corrected chi connectivity index (χ2v) is 9.31. The molecule has 3 rings (SSSR count). The number of carbonyl (C=O) groups is 1. The Labute approximate surface area is 229 Å². The largest absolute Gasteiger partial charge is 0.472 e. The van der Waals surface area contributed by atoms with E-state index in [1.165, 1.54) is 37.4 Å². The van der Waals surface area contributed by atoms with Crippen molar-refractivity contribution >= 4 is 53.1 Å². The number of alkyl halides is 2. The second-order valence-electron chi connectivity index (χ2n) is 7.53. The molecule has 3 aromatic rings. The number of aromatic nitrogens is 2. The predicted octanol–water partition coefficient (Wildman–Crippen LogP) is 6.64. The lowest BCUT2D eigenvalue weighted by atomic mass is 10.1. The van der Waals surface area contributed by atoms with Crippen LogP contribution in [0.1, 0.15) is 24.2 Å². The molecule has 0 amide bonds. The maximum Gasteiger partial charge on any atom is 0.345 e. The van der Waals surface area contributed by atoms with Gasteiger partial charge in [-0.1, -0.05) is 34.8 Å². The molecule has 2 heterocycles. The lowest BCUT2D eigenvalue weighted by molar-refractivity contribution is -0.0252. The van der Waals surface area contributed by atoms with Crippen molar-refractivity contribution in [2.45, 2.75) is 19.8 Å². The van der Waals surface area contributed by atoms with Gasteiger partial charge in [0.25, 0.3) is 11.5 Å². The average Bonchev–Trinajstić information content (AvgIpc) is 2.82. The number of rotatable bonds is 10. The highest BCUT2D eigenvalue weighted by atomic mass is 35.5. The second kappa shape index (κ2) is 12.3. The van der Waals surface area contributed by atoms with Crippen molar-refractivity contribution in [3.63, 3.8) is 0 Å². The summed E-state index contributed by atoms with van der Waals surface area (Å²) in [6, 6.07) is 6.69. The Morgan fingerprint density at radius 3 is 2.46 bits per heavy atom. The summed E-state index contributed by atoms with van der Waals surface area (Å²) >= 11 is 18.7. The number of esters is 1. The van der Waals surface area contributed by atoms with Crippen molar-refractivity contribution < 1.29 is 31.4 Å². The fourth-order valence-corrected chi connectivity index (χ4v) is 4.09. The van der Waals surface area contributed by atoms with Gasteiger partial charge in [-0.05, 0) is 31.2 Å². The molecule has 0 saturated carbocycles. The molecule has 0 aliphatic heterocycles. The van der Waals surface area contributed by atoms with Crippen molar-refractivity contribution in [3.8, 4) is 28.6 Å². The Morgan fingerprint density at radius 1 is 1.16 bits per heavy atom. The van der Waals surface area contributed by atoms with Crippen LogP contribution in [0, 0.1) is 0 Å². The molecule has 14 heteroatoms. The normalized spacial score (nSPS) is 11.4. The van der Waals surface area contributed by atoms with Crippen LogP contribution in [0.3, 0.4) is 0 Å². The molecule has 0 saturated heterocycles. The molecular formula is C23H19Cl3F2N2O6S. The van der Waals surface area contributed by atoms with Crippen LogP contribution in [0.25, 0.3) is 11.3 Å². The van der Waals surface area contributed by atoms with Crippen molar-refractivity contribution in [1.82, 2.24) is 9.55 Å². The maximum atomic E-state index is 13.2. The SMILES string of the molecule is CCOSOc1cc(C(=O)Oc2c(Cl)cc(Cl)cc2Cl)cnc1-c1ccc(OCC(C)(F)F)n(C)c1=O. The van der Waals surface area contributed by atoms with E-state index in [9.17, 15) is 18.4 Å². The predicted molar refractivity (Wildman–Crippen MR) is 137 cm³/mol. The van der Waals surface area contributed by atoms with Crippen molar-refractivity contribution in [2.24, 2.45) is 7.05 Å². The summed E-state index contributed by atoms with van der Waals surface area (Å²) in [5.41, 5.74) is -0.557. The van der Waals surface area contributed by atoms with E-state index < -0.39 is 24.1 Å². The highest BCUT2D eigenvalue weighted by Crippen LogP contribution is 2.37. The molecule has 37 heavy (non-hydrogen) atoms. The first kappa shape index (κ1) is 29.0. The number of pyridine rings is 2. The summed E-state index contributed by atoms with van der Waals surface area (Å²) in [5, 5.41) is 0.293. The molecule has 0 spiro atoms. The molecule has 0 N–H and O–H groups in total. The van der Waals surface area contributed by atoms with Gasteiger partial charge < -0.3 is 13.7 Å². The van der Waals surface area contributed by atoms with Gasteiger partial charge in [-0.25, -0.2) is 13.6 Å². The smallest absolute Gasteiger partial charge is 0.345 e. The van der Waals surface area contributed by atoms with Crippen LogP contribution in [0.2, 0.25) is 15.1 Å². The number of benzene rings is 1. The number of nitrogens with zero attached hydrogens (tertiary/aromatic N) is 2. The fourth-order valence-electron chi connectivity index (χ4n) is 2.85. The summed E-state index contributed by atoms with van der Waals surface area (Å²) < 4.78 is 48.4. The van der Waals surface area contributed by atoms with Gasteiger partial charge in [-0.3, -0.25) is 18.5 Å². The summed E-state index contributed by atoms with van der Waals surface area (Å²) in [7, 11) is 1.36. The number of hydrogen-bond donors (Lipinski definition) is 0. The van der Waals surface area contributed by atoms with Gasteiger partial charge in [0.05, 0.1) is 27.8 Å². The Morgan fingerprint density at radius 2 is 1.84 bits per heavy atom. The van der Waals surface area contributed by atoms with E-state index in [1.54, 1.807) is 6.92 Å². The Balaban J connectivity index is 1.97. The third-order valence-electron chi connectivity index (χ3n) is 4.52. The molecule has 0 bridgehead atoms. The number of carbonyl (C=O) groups excluding carboxylic acids is 1. The van der Waals surface area contributed by atoms with E-state index in [2.05, 4.69) is 4.98 Å². The van der Waals surface area contributed by atoms with E-state index in [0.717, 1.165) is 10.8 Å². The van der Waals surface area contributed by atoms with Gasteiger partial charge >= 0.3 is 5.97 Å². The molecule has 198 valence electrons. The molecule has 1 aromatic carbocycles. The van der Waals surface area contributed by atoms with Crippen LogP contribution in [0.5, 0.6) is 17.4 Å². The number of ether oxygens (including phenoxy) is 2. The molecule has 0 radical (unpaired) electrons. The third-order valence-corrected chi connectivity index (χ3v) is 5.88. The van der Waals surface area contributed by atoms with Gasteiger partial charge in [0.1, 0.15) is 5.69 Å². The summed E-state index contributed by atoms with van der Waals surface area (Å²) in [5.74, 6) is -4.13. The first-order valence-corrected chi connectivity index (χ1v) is 12.2. The van der Waals surface area contributed by atoms with Crippen LogP contribution in [-0.2, 0) is 11.2 Å². The lowest BCUT2D eigenvalue weighted by Crippen LogP contribution is -2.26. The highest BCUT2D eigenvalue weighted by Gasteiger charge is 2.24. The van der Waals surface area contributed by atoms with Crippen molar-refractivity contribution in [2.75, 3.05) is 13.2 Å². The Kier molecular flexibility index (Phi) is 9.65. The first-order chi connectivity index (χ1) is 17.4. The van der Waals surface area contributed by atoms with Crippen LogP contribution in [0.15, 0.2) is 41.3 Å². The fraction of sp³-hybridized carbons (Fsp3) is 0.261. The monoisotopic (exact) mass is 594 g/mol. The van der Waals surface area contributed by atoms with Crippen LogP contribution in [0.4, 0.5) is 8.78 Å². The minimum absolute atomic E-state index is 0.00735. The van der Waals surface area contributed by atoms with E-state index >= 15 is 0 Å². The van der Waals surface area contributed by atoms with E-state index in [-0.39, 0.29) is 49.3 Å². The molecule has 0 fully saturated rings. The van der Waals surface area contributed by atoms with Gasteiger partial charge in [-0.2, -0.15) is 0 Å². The number of hydrogen-bond acceptors (Lipinski definition) is 8. The van der Waals surface area contributed by atoms with Crippen LogP contribution >= 0.6 is 47.1 Å². The molecule has 0 atom stereocenters. The zero-order chi connectivity index (χ0) is 27.3.